The van der Waals surface area contributed by atoms with Crippen LogP contribution in [0.1, 0.15) is 25.8 Å². The first-order valence-electron chi connectivity index (χ1n) is 7.64. The number of hydrogen-bond donors (Lipinski definition) is 2. The molecule has 1 aliphatic heterocycles. The summed E-state index contributed by atoms with van der Waals surface area (Å²) in [7, 11) is 1.71. The number of hydrogen-bond acceptors (Lipinski definition) is 1. The largest absolute Gasteiger partial charge is 0.496 e. The van der Waals surface area contributed by atoms with E-state index < -0.39 is 0 Å². The van der Waals surface area contributed by atoms with E-state index in [-0.39, 0.29) is 0 Å². The summed E-state index contributed by atoms with van der Waals surface area (Å²) < 4.78 is 6.34. The van der Waals surface area contributed by atoms with Crippen LogP contribution in [0.25, 0.3) is 0 Å². The summed E-state index contributed by atoms with van der Waals surface area (Å²) in [5, 5.41) is 0. The molecule has 2 N–H and O–H groups in total. The number of nitrogens with one attached hydrogen (secondary N) is 2. The highest BCUT2D eigenvalue weighted by molar-refractivity contribution is 9.10. The standard InChI is InChI=1S/C16H25BrN2O/c1-4-13(2)19-9-7-18(8-10-19)12-14-5-6-16(20-3)15(17)11-14/h5-6,11,13H,4,7-10,12H2,1-3H3/p+2. The van der Waals surface area contributed by atoms with Crippen LogP contribution in [0.4, 0.5) is 0 Å². The Morgan fingerprint density at radius 2 is 1.95 bits per heavy atom. The second kappa shape index (κ2) is 7.43. The maximum Gasteiger partial charge on any atom is 0.133 e. The summed E-state index contributed by atoms with van der Waals surface area (Å²) in [5.74, 6) is 0.912. The van der Waals surface area contributed by atoms with E-state index in [0.29, 0.717) is 0 Å². The fourth-order valence-electron chi connectivity index (χ4n) is 2.99. The van der Waals surface area contributed by atoms with Crippen molar-refractivity contribution < 1.29 is 14.5 Å². The van der Waals surface area contributed by atoms with Gasteiger partial charge in [0.25, 0.3) is 0 Å². The smallest absolute Gasteiger partial charge is 0.133 e. The molecule has 3 nitrogen and oxygen atoms in total. The Hall–Kier alpha value is -0.580. The van der Waals surface area contributed by atoms with Gasteiger partial charge in [-0.15, -0.1) is 0 Å². The molecule has 112 valence electrons. The average Bonchev–Trinajstić information content (AvgIpc) is 2.47. The molecule has 0 aliphatic carbocycles. The normalized spacial score (nSPS) is 24.4. The molecular weight excluding hydrogens is 316 g/mol. The Balaban J connectivity index is 1.88. The average molecular weight is 343 g/mol. The van der Waals surface area contributed by atoms with Gasteiger partial charge in [-0.25, -0.2) is 0 Å². The van der Waals surface area contributed by atoms with Gasteiger partial charge in [-0.2, -0.15) is 0 Å². The van der Waals surface area contributed by atoms with Gasteiger partial charge >= 0.3 is 0 Å². The number of halogens is 1. The number of quaternary nitrogens is 2. The zero-order valence-corrected chi connectivity index (χ0v) is 14.4. The monoisotopic (exact) mass is 342 g/mol. The molecule has 4 heteroatoms. The Bertz CT molecular complexity index is 430. The highest BCUT2D eigenvalue weighted by Gasteiger charge is 2.25. The molecule has 20 heavy (non-hydrogen) atoms. The predicted octanol–water partition coefficient (Wildman–Crippen LogP) is 0.540. The van der Waals surface area contributed by atoms with Crippen molar-refractivity contribution in [3.8, 4) is 5.75 Å². The Labute approximate surface area is 131 Å². The molecule has 0 spiro atoms. The van der Waals surface area contributed by atoms with E-state index in [9.17, 15) is 0 Å². The molecule has 1 atom stereocenters. The van der Waals surface area contributed by atoms with Gasteiger partial charge in [-0.05, 0) is 47.5 Å². The van der Waals surface area contributed by atoms with Crippen LogP contribution >= 0.6 is 15.9 Å². The van der Waals surface area contributed by atoms with Crippen molar-refractivity contribution in [2.45, 2.75) is 32.9 Å². The molecule has 1 unspecified atom stereocenters. The van der Waals surface area contributed by atoms with Crippen molar-refractivity contribution in [3.63, 3.8) is 0 Å². The quantitative estimate of drug-likeness (QED) is 0.799. The molecule has 1 fully saturated rings. The van der Waals surface area contributed by atoms with E-state index in [4.69, 9.17) is 4.74 Å². The predicted molar refractivity (Wildman–Crippen MR) is 85.5 cm³/mol. The van der Waals surface area contributed by atoms with Gasteiger partial charge in [0.1, 0.15) is 38.5 Å². The molecule has 0 bridgehead atoms. The minimum Gasteiger partial charge on any atom is -0.496 e. The van der Waals surface area contributed by atoms with Crippen molar-refractivity contribution in [1.82, 2.24) is 0 Å². The van der Waals surface area contributed by atoms with Crippen molar-refractivity contribution >= 4 is 15.9 Å². The highest BCUT2D eigenvalue weighted by Crippen LogP contribution is 2.25. The molecule has 2 rings (SSSR count). The van der Waals surface area contributed by atoms with E-state index in [1.165, 1.54) is 38.2 Å². The lowest BCUT2D eigenvalue weighted by molar-refractivity contribution is -1.03. The number of ether oxygens (including phenoxy) is 1. The van der Waals surface area contributed by atoms with Crippen LogP contribution in [-0.2, 0) is 6.54 Å². The van der Waals surface area contributed by atoms with Crippen molar-refractivity contribution in [2.24, 2.45) is 0 Å². The van der Waals surface area contributed by atoms with Crippen LogP contribution in [0.5, 0.6) is 5.75 Å². The SMILES string of the molecule is CCC(C)[NH+]1CC[NH+](Cc2ccc(OC)c(Br)c2)CC1. The molecule has 1 saturated heterocycles. The summed E-state index contributed by atoms with van der Waals surface area (Å²) in [6, 6.07) is 7.25. The van der Waals surface area contributed by atoms with Gasteiger partial charge in [0.15, 0.2) is 0 Å². The first-order chi connectivity index (χ1) is 9.63. The van der Waals surface area contributed by atoms with Crippen LogP contribution in [0.2, 0.25) is 0 Å². The molecule has 1 aromatic rings. The van der Waals surface area contributed by atoms with Gasteiger partial charge in [0, 0.05) is 5.56 Å². The minimum absolute atomic E-state index is 0.812. The summed E-state index contributed by atoms with van der Waals surface area (Å²) >= 11 is 3.57. The van der Waals surface area contributed by atoms with Crippen LogP contribution in [0, 0.1) is 0 Å². The van der Waals surface area contributed by atoms with Gasteiger partial charge in [-0.3, -0.25) is 0 Å². The van der Waals surface area contributed by atoms with Crippen LogP contribution in [0.3, 0.4) is 0 Å². The summed E-state index contributed by atoms with van der Waals surface area (Å²) in [6.45, 7) is 11.0. The fourth-order valence-corrected chi connectivity index (χ4v) is 3.58. The van der Waals surface area contributed by atoms with E-state index >= 15 is 0 Å². The topological polar surface area (TPSA) is 18.1 Å². The molecule has 1 heterocycles. The number of piperazine rings is 1. The van der Waals surface area contributed by atoms with E-state index in [1.807, 2.05) is 0 Å². The molecule has 1 aliphatic rings. The maximum atomic E-state index is 5.29. The molecule has 0 saturated carbocycles. The maximum absolute atomic E-state index is 5.29. The minimum atomic E-state index is 0.812. The molecule has 0 aromatic heterocycles. The number of benzene rings is 1. The molecule has 0 radical (unpaired) electrons. The molecular formula is C16H27BrN2O+2. The first kappa shape index (κ1) is 15.8. The first-order valence-corrected chi connectivity index (χ1v) is 8.44. The zero-order valence-electron chi connectivity index (χ0n) is 12.8. The Kier molecular flexibility index (Phi) is 5.87. The third kappa shape index (κ3) is 3.96. The van der Waals surface area contributed by atoms with Crippen LogP contribution in [0.15, 0.2) is 22.7 Å². The van der Waals surface area contributed by atoms with Crippen molar-refractivity contribution in [2.75, 3.05) is 33.3 Å². The second-order valence-corrected chi connectivity index (χ2v) is 6.72. The zero-order chi connectivity index (χ0) is 14.5. The molecule has 1 aromatic carbocycles. The number of methoxy groups -OCH3 is 1. The van der Waals surface area contributed by atoms with Gasteiger partial charge in [0.2, 0.25) is 0 Å². The second-order valence-electron chi connectivity index (χ2n) is 5.86. The lowest BCUT2D eigenvalue weighted by Crippen LogP contribution is -3.29. The van der Waals surface area contributed by atoms with Crippen LogP contribution in [-0.4, -0.2) is 39.3 Å². The van der Waals surface area contributed by atoms with Crippen molar-refractivity contribution in [1.29, 1.82) is 0 Å². The van der Waals surface area contributed by atoms with Gasteiger partial charge < -0.3 is 14.5 Å². The lowest BCUT2D eigenvalue weighted by atomic mass is 10.1. The fraction of sp³-hybridized carbons (Fsp3) is 0.625. The van der Waals surface area contributed by atoms with E-state index in [0.717, 1.165) is 22.8 Å². The van der Waals surface area contributed by atoms with Crippen molar-refractivity contribution in [3.05, 3.63) is 28.2 Å². The summed E-state index contributed by atoms with van der Waals surface area (Å²) in [5.41, 5.74) is 1.39. The van der Waals surface area contributed by atoms with Crippen LogP contribution < -0.4 is 14.5 Å². The third-order valence-corrected chi connectivity index (χ3v) is 5.20. The molecule has 0 amide bonds. The summed E-state index contributed by atoms with van der Waals surface area (Å²) in [4.78, 5) is 3.49. The lowest BCUT2D eigenvalue weighted by Gasteiger charge is -2.33. The third-order valence-electron chi connectivity index (χ3n) is 4.58. The highest BCUT2D eigenvalue weighted by atomic mass is 79.9. The number of rotatable bonds is 5. The summed E-state index contributed by atoms with van der Waals surface area (Å²) in [6.07, 6.45) is 1.29. The Morgan fingerprint density at radius 3 is 2.50 bits per heavy atom. The van der Waals surface area contributed by atoms with E-state index in [2.05, 4.69) is 48.0 Å². The Morgan fingerprint density at radius 1 is 1.25 bits per heavy atom. The van der Waals surface area contributed by atoms with E-state index in [1.54, 1.807) is 16.9 Å². The van der Waals surface area contributed by atoms with Gasteiger partial charge in [-0.1, -0.05) is 6.92 Å². The van der Waals surface area contributed by atoms with Gasteiger partial charge in [0.05, 0.1) is 17.6 Å².